The van der Waals surface area contributed by atoms with Crippen molar-refractivity contribution < 1.29 is 9.90 Å². The van der Waals surface area contributed by atoms with Crippen molar-refractivity contribution in [3.63, 3.8) is 0 Å². The highest BCUT2D eigenvalue weighted by Crippen LogP contribution is 2.09. The highest BCUT2D eigenvalue weighted by atomic mass is 16.4. The van der Waals surface area contributed by atoms with Crippen LogP contribution in [0.3, 0.4) is 0 Å². The lowest BCUT2D eigenvalue weighted by Gasteiger charge is -2.31. The second-order valence-corrected chi connectivity index (χ2v) is 4.59. The van der Waals surface area contributed by atoms with Crippen molar-refractivity contribution in [3.8, 4) is 0 Å². The van der Waals surface area contributed by atoms with Gasteiger partial charge in [-0.2, -0.15) is 0 Å². The predicted molar refractivity (Wildman–Crippen MR) is 66.1 cm³/mol. The molecule has 17 heavy (non-hydrogen) atoms. The predicted octanol–water partition coefficient (Wildman–Crippen LogP) is 1.18. The Labute approximate surface area is 101 Å². The Morgan fingerprint density at radius 2 is 2.18 bits per heavy atom. The minimum Gasteiger partial charge on any atom is -0.478 e. The van der Waals surface area contributed by atoms with E-state index in [-0.39, 0.29) is 0 Å². The first-order chi connectivity index (χ1) is 8.15. The zero-order chi connectivity index (χ0) is 12.3. The van der Waals surface area contributed by atoms with Crippen LogP contribution in [-0.4, -0.2) is 41.7 Å². The van der Waals surface area contributed by atoms with Gasteiger partial charge in [-0.05, 0) is 24.6 Å². The maximum atomic E-state index is 10.7. The highest BCUT2D eigenvalue weighted by molar-refractivity contribution is 5.87. The van der Waals surface area contributed by atoms with Gasteiger partial charge in [0.15, 0.2) is 0 Å². The van der Waals surface area contributed by atoms with Gasteiger partial charge in [0.1, 0.15) is 0 Å². The number of rotatable bonds is 3. The van der Waals surface area contributed by atoms with E-state index in [1.54, 1.807) is 12.1 Å². The fraction of sp³-hybridized carbons (Fsp3) is 0.462. The van der Waals surface area contributed by atoms with E-state index < -0.39 is 5.97 Å². The Balaban J connectivity index is 1.96. The van der Waals surface area contributed by atoms with E-state index in [1.165, 1.54) is 5.56 Å². The van der Waals surface area contributed by atoms with Crippen molar-refractivity contribution in [3.05, 3.63) is 35.4 Å². The number of hydrogen-bond donors (Lipinski definition) is 2. The van der Waals surface area contributed by atoms with E-state index in [1.807, 2.05) is 12.1 Å². The fourth-order valence-electron chi connectivity index (χ4n) is 2.17. The second kappa shape index (κ2) is 5.29. The summed E-state index contributed by atoms with van der Waals surface area (Å²) in [5, 5.41) is 12.2. The number of carbonyl (C=O) groups is 1. The summed E-state index contributed by atoms with van der Waals surface area (Å²) in [5.41, 5.74) is 1.52. The number of benzene rings is 1. The first-order valence-electron chi connectivity index (χ1n) is 5.93. The Bertz CT molecular complexity index is 389. The molecular weight excluding hydrogens is 216 g/mol. The Morgan fingerprint density at radius 1 is 1.47 bits per heavy atom. The maximum absolute atomic E-state index is 10.7. The molecule has 1 aliphatic heterocycles. The standard InChI is InChI=1S/C13H18N2O2/c1-10-8-15(7-6-14-10)9-11-2-4-12(5-3-11)13(16)17/h2-5,10,14H,6-9H2,1H3,(H,16,17). The molecule has 0 spiro atoms. The summed E-state index contributed by atoms with van der Waals surface area (Å²) in [6, 6.07) is 7.67. The molecule has 1 aliphatic rings. The van der Waals surface area contributed by atoms with Gasteiger partial charge in [0.05, 0.1) is 5.56 Å². The molecule has 2 rings (SSSR count). The van der Waals surface area contributed by atoms with Crippen molar-refractivity contribution in [1.29, 1.82) is 0 Å². The quantitative estimate of drug-likeness (QED) is 0.824. The summed E-state index contributed by atoms with van der Waals surface area (Å²) in [6.07, 6.45) is 0. The minimum atomic E-state index is -0.868. The molecule has 1 saturated heterocycles. The zero-order valence-electron chi connectivity index (χ0n) is 10.0. The average Bonchev–Trinajstić information content (AvgIpc) is 2.29. The summed E-state index contributed by atoms with van der Waals surface area (Å²) < 4.78 is 0. The lowest BCUT2D eigenvalue weighted by Crippen LogP contribution is -2.48. The zero-order valence-corrected chi connectivity index (χ0v) is 10.0. The largest absolute Gasteiger partial charge is 0.478 e. The molecule has 1 aromatic rings. The Morgan fingerprint density at radius 3 is 2.76 bits per heavy atom. The van der Waals surface area contributed by atoms with E-state index >= 15 is 0 Å². The molecule has 4 nitrogen and oxygen atoms in total. The number of piperazine rings is 1. The Hall–Kier alpha value is -1.39. The molecule has 0 radical (unpaired) electrons. The van der Waals surface area contributed by atoms with Gasteiger partial charge in [-0.1, -0.05) is 12.1 Å². The van der Waals surface area contributed by atoms with Crippen molar-refractivity contribution >= 4 is 5.97 Å². The molecule has 0 bridgehead atoms. The van der Waals surface area contributed by atoms with Crippen molar-refractivity contribution in [2.75, 3.05) is 19.6 Å². The van der Waals surface area contributed by atoms with Gasteiger partial charge in [0.2, 0.25) is 0 Å². The third kappa shape index (κ3) is 3.28. The van der Waals surface area contributed by atoms with Crippen LogP contribution in [0.1, 0.15) is 22.8 Å². The number of aromatic carboxylic acids is 1. The second-order valence-electron chi connectivity index (χ2n) is 4.59. The third-order valence-electron chi connectivity index (χ3n) is 3.06. The molecule has 0 aromatic heterocycles. The number of nitrogens with one attached hydrogen (secondary N) is 1. The van der Waals surface area contributed by atoms with E-state index in [4.69, 9.17) is 5.11 Å². The Kier molecular flexibility index (Phi) is 3.76. The van der Waals surface area contributed by atoms with Crippen LogP contribution in [0.25, 0.3) is 0 Å². The van der Waals surface area contributed by atoms with Crippen LogP contribution in [-0.2, 0) is 6.54 Å². The molecule has 1 fully saturated rings. The molecule has 2 N–H and O–H groups in total. The van der Waals surface area contributed by atoms with Gasteiger partial charge in [-0.15, -0.1) is 0 Å². The van der Waals surface area contributed by atoms with Crippen LogP contribution in [0.5, 0.6) is 0 Å². The van der Waals surface area contributed by atoms with Gasteiger partial charge < -0.3 is 10.4 Å². The molecule has 1 heterocycles. The van der Waals surface area contributed by atoms with Gasteiger partial charge in [0.25, 0.3) is 0 Å². The maximum Gasteiger partial charge on any atom is 0.335 e. The molecule has 1 atom stereocenters. The van der Waals surface area contributed by atoms with Gasteiger partial charge in [0, 0.05) is 32.2 Å². The fourth-order valence-corrected chi connectivity index (χ4v) is 2.17. The molecular formula is C13H18N2O2. The summed E-state index contributed by atoms with van der Waals surface area (Å²) in [7, 11) is 0. The molecule has 0 aliphatic carbocycles. The molecule has 0 amide bonds. The van der Waals surface area contributed by atoms with Crippen LogP contribution in [0.2, 0.25) is 0 Å². The topological polar surface area (TPSA) is 52.6 Å². The average molecular weight is 234 g/mol. The van der Waals surface area contributed by atoms with E-state index in [9.17, 15) is 4.79 Å². The first kappa shape index (κ1) is 12.1. The monoisotopic (exact) mass is 234 g/mol. The summed E-state index contributed by atoms with van der Waals surface area (Å²) >= 11 is 0. The van der Waals surface area contributed by atoms with Gasteiger partial charge in [-0.25, -0.2) is 4.79 Å². The van der Waals surface area contributed by atoms with Crippen molar-refractivity contribution in [2.24, 2.45) is 0 Å². The van der Waals surface area contributed by atoms with E-state index in [0.29, 0.717) is 11.6 Å². The molecule has 1 unspecified atom stereocenters. The van der Waals surface area contributed by atoms with Gasteiger partial charge >= 0.3 is 5.97 Å². The minimum absolute atomic E-state index is 0.349. The number of carboxylic acids is 1. The van der Waals surface area contributed by atoms with Crippen LogP contribution in [0.4, 0.5) is 0 Å². The van der Waals surface area contributed by atoms with E-state index in [0.717, 1.165) is 26.2 Å². The lowest BCUT2D eigenvalue weighted by atomic mass is 10.1. The lowest BCUT2D eigenvalue weighted by molar-refractivity contribution is 0.0697. The molecule has 4 heteroatoms. The van der Waals surface area contributed by atoms with Crippen LogP contribution < -0.4 is 5.32 Å². The first-order valence-corrected chi connectivity index (χ1v) is 5.93. The number of hydrogen-bond acceptors (Lipinski definition) is 3. The molecule has 0 saturated carbocycles. The SMILES string of the molecule is CC1CN(Cc2ccc(C(=O)O)cc2)CCN1. The normalized spacial score (nSPS) is 21.4. The van der Waals surface area contributed by atoms with Crippen LogP contribution in [0.15, 0.2) is 24.3 Å². The number of carboxylic acid groups (broad SMARTS) is 1. The number of nitrogens with zero attached hydrogens (tertiary/aromatic N) is 1. The van der Waals surface area contributed by atoms with Crippen LogP contribution >= 0.6 is 0 Å². The van der Waals surface area contributed by atoms with E-state index in [2.05, 4.69) is 17.1 Å². The highest BCUT2D eigenvalue weighted by Gasteiger charge is 2.15. The third-order valence-corrected chi connectivity index (χ3v) is 3.06. The summed E-state index contributed by atoms with van der Waals surface area (Å²) in [4.78, 5) is 13.1. The van der Waals surface area contributed by atoms with Crippen LogP contribution in [0, 0.1) is 0 Å². The molecule has 1 aromatic carbocycles. The van der Waals surface area contributed by atoms with Crippen molar-refractivity contribution in [2.45, 2.75) is 19.5 Å². The summed E-state index contributed by atoms with van der Waals surface area (Å²) in [5.74, 6) is -0.868. The molecule has 92 valence electrons. The van der Waals surface area contributed by atoms with Crippen molar-refractivity contribution in [1.82, 2.24) is 10.2 Å². The van der Waals surface area contributed by atoms with Gasteiger partial charge in [-0.3, -0.25) is 4.90 Å². The summed E-state index contributed by atoms with van der Waals surface area (Å²) in [6.45, 7) is 6.19. The smallest absolute Gasteiger partial charge is 0.335 e.